The van der Waals surface area contributed by atoms with Crippen molar-refractivity contribution in [3.63, 3.8) is 0 Å². The molecular weight excluding hydrogens is 252 g/mol. The van der Waals surface area contributed by atoms with Crippen LogP contribution in [0.5, 0.6) is 0 Å². The predicted molar refractivity (Wildman–Crippen MR) is 85.1 cm³/mol. The fourth-order valence-electron chi connectivity index (χ4n) is 2.64. The predicted octanol–water partition coefficient (Wildman–Crippen LogP) is 3.17. The average molecular weight is 280 g/mol. The molecule has 0 bridgehead atoms. The summed E-state index contributed by atoms with van der Waals surface area (Å²) in [6.45, 7) is 10.7. The third-order valence-electron chi connectivity index (χ3n) is 3.68. The summed E-state index contributed by atoms with van der Waals surface area (Å²) in [5, 5.41) is 3.41. The molecule has 0 aromatic carbocycles. The van der Waals surface area contributed by atoms with Crippen molar-refractivity contribution in [1.29, 1.82) is 0 Å². The molecule has 0 amide bonds. The van der Waals surface area contributed by atoms with E-state index in [1.54, 1.807) is 9.75 Å². The zero-order valence-electron chi connectivity index (χ0n) is 12.5. The van der Waals surface area contributed by atoms with E-state index < -0.39 is 0 Å². The molecule has 2 nitrogen and oxygen atoms in total. The lowest BCUT2D eigenvalue weighted by Gasteiger charge is -2.26. The highest BCUT2D eigenvalue weighted by molar-refractivity contribution is 7.11. The van der Waals surface area contributed by atoms with Gasteiger partial charge in [0.05, 0.1) is 0 Å². The first kappa shape index (κ1) is 15.0. The summed E-state index contributed by atoms with van der Waals surface area (Å²) < 4.78 is 0. The highest BCUT2D eigenvalue weighted by Gasteiger charge is 2.08. The minimum Gasteiger partial charge on any atom is -0.314 e. The van der Waals surface area contributed by atoms with Crippen molar-refractivity contribution in [2.75, 3.05) is 32.7 Å². The lowest BCUT2D eigenvalue weighted by atomic mass is 10.1. The van der Waals surface area contributed by atoms with E-state index in [0.717, 1.165) is 5.92 Å². The molecule has 2 rings (SSSR count). The fraction of sp³-hybridized carbons (Fsp3) is 0.750. The Morgan fingerprint density at radius 3 is 2.63 bits per heavy atom. The SMILES string of the molecule is CC(C)Cc1ccc(CCCCN2CCNCC2)s1. The number of nitrogens with one attached hydrogen (secondary N) is 1. The first-order valence-electron chi connectivity index (χ1n) is 7.74. The van der Waals surface area contributed by atoms with Gasteiger partial charge in [0.2, 0.25) is 0 Å². The minimum atomic E-state index is 0.777. The molecule has 1 saturated heterocycles. The molecule has 0 unspecified atom stereocenters. The maximum Gasteiger partial charge on any atom is 0.0107 e. The van der Waals surface area contributed by atoms with Crippen molar-refractivity contribution in [1.82, 2.24) is 10.2 Å². The van der Waals surface area contributed by atoms with Crippen LogP contribution < -0.4 is 5.32 Å². The Morgan fingerprint density at radius 2 is 1.89 bits per heavy atom. The molecule has 0 radical (unpaired) electrons. The summed E-state index contributed by atoms with van der Waals surface area (Å²) in [5.74, 6) is 0.777. The molecule has 108 valence electrons. The van der Waals surface area contributed by atoms with Gasteiger partial charge in [0.25, 0.3) is 0 Å². The van der Waals surface area contributed by atoms with Gasteiger partial charge in [-0.2, -0.15) is 0 Å². The van der Waals surface area contributed by atoms with Gasteiger partial charge < -0.3 is 10.2 Å². The molecule has 1 fully saturated rings. The van der Waals surface area contributed by atoms with Gasteiger partial charge in [-0.1, -0.05) is 13.8 Å². The summed E-state index contributed by atoms with van der Waals surface area (Å²) in [4.78, 5) is 5.73. The average Bonchev–Trinajstić information content (AvgIpc) is 2.83. The van der Waals surface area contributed by atoms with Crippen LogP contribution in [0.15, 0.2) is 12.1 Å². The molecule has 3 heteroatoms. The molecular formula is C16H28N2S. The van der Waals surface area contributed by atoms with Crippen LogP contribution in [0.3, 0.4) is 0 Å². The van der Waals surface area contributed by atoms with E-state index in [4.69, 9.17) is 0 Å². The summed E-state index contributed by atoms with van der Waals surface area (Å²) in [5.41, 5.74) is 0. The molecule has 1 aliphatic rings. The molecule has 0 spiro atoms. The monoisotopic (exact) mass is 280 g/mol. The maximum atomic E-state index is 3.41. The summed E-state index contributed by atoms with van der Waals surface area (Å²) in [7, 11) is 0. The van der Waals surface area contributed by atoms with Crippen LogP contribution in [0.25, 0.3) is 0 Å². The van der Waals surface area contributed by atoms with Crippen LogP contribution in [0.4, 0.5) is 0 Å². The molecule has 1 N–H and O–H groups in total. The second kappa shape index (κ2) is 8.03. The summed E-state index contributed by atoms with van der Waals surface area (Å²) in [6, 6.07) is 4.67. The normalized spacial score (nSPS) is 17.2. The van der Waals surface area contributed by atoms with Crippen molar-refractivity contribution in [3.8, 4) is 0 Å². The van der Waals surface area contributed by atoms with Crippen molar-refractivity contribution in [2.45, 2.75) is 39.5 Å². The zero-order chi connectivity index (χ0) is 13.5. The third kappa shape index (κ3) is 5.64. The Balaban J connectivity index is 1.61. The van der Waals surface area contributed by atoms with Gasteiger partial charge in [-0.25, -0.2) is 0 Å². The van der Waals surface area contributed by atoms with Gasteiger partial charge in [0, 0.05) is 35.9 Å². The molecule has 1 aromatic heterocycles. The van der Waals surface area contributed by atoms with Gasteiger partial charge in [-0.15, -0.1) is 11.3 Å². The van der Waals surface area contributed by atoms with Crippen molar-refractivity contribution in [2.24, 2.45) is 5.92 Å². The van der Waals surface area contributed by atoms with E-state index in [1.807, 2.05) is 11.3 Å². The first-order chi connectivity index (χ1) is 9.24. The van der Waals surface area contributed by atoms with Crippen LogP contribution in [0.1, 0.15) is 36.4 Å². The van der Waals surface area contributed by atoms with Crippen LogP contribution in [0, 0.1) is 5.92 Å². The fourth-order valence-corrected chi connectivity index (χ4v) is 3.91. The quantitative estimate of drug-likeness (QED) is 0.772. The number of piperazine rings is 1. The number of aryl methyl sites for hydroxylation is 1. The van der Waals surface area contributed by atoms with Gasteiger partial charge in [0.1, 0.15) is 0 Å². The Bertz CT molecular complexity index is 353. The van der Waals surface area contributed by atoms with Crippen molar-refractivity contribution >= 4 is 11.3 Å². The van der Waals surface area contributed by atoms with Crippen LogP contribution >= 0.6 is 11.3 Å². The highest BCUT2D eigenvalue weighted by atomic mass is 32.1. The number of hydrogen-bond donors (Lipinski definition) is 1. The van der Waals surface area contributed by atoms with E-state index >= 15 is 0 Å². The summed E-state index contributed by atoms with van der Waals surface area (Å²) >= 11 is 2.02. The smallest absolute Gasteiger partial charge is 0.0107 e. The largest absolute Gasteiger partial charge is 0.314 e. The Labute approximate surface area is 122 Å². The van der Waals surface area contributed by atoms with Crippen LogP contribution in [-0.4, -0.2) is 37.6 Å². The maximum absolute atomic E-state index is 3.41. The number of rotatable bonds is 7. The molecule has 0 aliphatic carbocycles. The van der Waals surface area contributed by atoms with Crippen LogP contribution in [0.2, 0.25) is 0 Å². The molecule has 1 aromatic rings. The number of hydrogen-bond acceptors (Lipinski definition) is 3. The molecule has 2 heterocycles. The summed E-state index contributed by atoms with van der Waals surface area (Å²) in [6.07, 6.45) is 5.20. The van der Waals surface area contributed by atoms with E-state index in [-0.39, 0.29) is 0 Å². The second-order valence-corrected chi connectivity index (χ2v) is 7.27. The molecule has 0 saturated carbocycles. The Morgan fingerprint density at radius 1 is 1.16 bits per heavy atom. The lowest BCUT2D eigenvalue weighted by Crippen LogP contribution is -2.43. The van der Waals surface area contributed by atoms with Gasteiger partial charge in [0.15, 0.2) is 0 Å². The topological polar surface area (TPSA) is 15.3 Å². The van der Waals surface area contributed by atoms with Gasteiger partial charge >= 0.3 is 0 Å². The van der Waals surface area contributed by atoms with Gasteiger partial charge in [-0.3, -0.25) is 0 Å². The van der Waals surface area contributed by atoms with E-state index in [2.05, 4.69) is 36.2 Å². The van der Waals surface area contributed by atoms with Crippen molar-refractivity contribution in [3.05, 3.63) is 21.9 Å². The standard InChI is InChI=1S/C16H28N2S/c1-14(2)13-16-7-6-15(19-16)5-3-4-10-18-11-8-17-9-12-18/h6-7,14,17H,3-5,8-13H2,1-2H3. The number of nitrogens with zero attached hydrogens (tertiary/aromatic N) is 1. The van der Waals surface area contributed by atoms with Crippen LogP contribution in [-0.2, 0) is 12.8 Å². The first-order valence-corrected chi connectivity index (χ1v) is 8.56. The van der Waals surface area contributed by atoms with E-state index in [9.17, 15) is 0 Å². The minimum absolute atomic E-state index is 0.777. The number of thiophene rings is 1. The third-order valence-corrected chi connectivity index (χ3v) is 4.85. The number of unbranched alkanes of at least 4 members (excludes halogenated alkanes) is 1. The zero-order valence-corrected chi connectivity index (χ0v) is 13.3. The molecule has 19 heavy (non-hydrogen) atoms. The Hall–Kier alpha value is -0.380. The highest BCUT2D eigenvalue weighted by Crippen LogP contribution is 2.21. The van der Waals surface area contributed by atoms with E-state index in [1.165, 1.54) is 58.4 Å². The second-order valence-electron chi connectivity index (χ2n) is 6.01. The lowest BCUT2D eigenvalue weighted by molar-refractivity contribution is 0.237. The Kier molecular flexibility index (Phi) is 6.35. The molecule has 1 aliphatic heterocycles. The van der Waals surface area contributed by atoms with Gasteiger partial charge in [-0.05, 0) is 50.3 Å². The van der Waals surface area contributed by atoms with E-state index in [0.29, 0.717) is 0 Å². The molecule has 0 atom stereocenters. The van der Waals surface area contributed by atoms with Crippen molar-refractivity contribution < 1.29 is 0 Å².